The van der Waals surface area contributed by atoms with Crippen molar-refractivity contribution in [3.05, 3.63) is 29.8 Å². The van der Waals surface area contributed by atoms with Gasteiger partial charge in [0.25, 0.3) is 0 Å². The van der Waals surface area contributed by atoms with Gasteiger partial charge in [-0.2, -0.15) is 0 Å². The molecule has 0 unspecified atom stereocenters. The van der Waals surface area contributed by atoms with E-state index in [0.717, 1.165) is 51.3 Å². The summed E-state index contributed by atoms with van der Waals surface area (Å²) in [5, 5.41) is 0. The average molecular weight is 329 g/mol. The van der Waals surface area contributed by atoms with Crippen molar-refractivity contribution < 1.29 is 9.59 Å². The molecule has 1 atom stereocenters. The smallest absolute Gasteiger partial charge is 0.245 e. The Bertz CT molecular complexity index is 608. The molecule has 1 aromatic rings. The molecule has 0 spiro atoms. The molecule has 5 heteroatoms. The molecular weight excluding hydrogens is 302 g/mol. The fraction of sp³-hybridized carbons (Fsp3) is 0.579. The topological polar surface area (TPSA) is 43.9 Å². The van der Waals surface area contributed by atoms with Gasteiger partial charge in [-0.25, -0.2) is 0 Å². The number of carbonyl (C=O) groups is 2. The summed E-state index contributed by atoms with van der Waals surface area (Å²) in [5.74, 6) is 0.129. The molecular formula is C19H27N3O2. The van der Waals surface area contributed by atoms with Crippen LogP contribution >= 0.6 is 0 Å². The third kappa shape index (κ3) is 3.31. The Balaban J connectivity index is 1.79. The summed E-state index contributed by atoms with van der Waals surface area (Å²) in [5.41, 5.74) is 2.08. The summed E-state index contributed by atoms with van der Waals surface area (Å²) in [6.45, 7) is 8.37. The van der Waals surface area contributed by atoms with Crippen molar-refractivity contribution in [3.8, 4) is 0 Å². The van der Waals surface area contributed by atoms with Gasteiger partial charge in [-0.15, -0.1) is 0 Å². The van der Waals surface area contributed by atoms with E-state index in [9.17, 15) is 9.59 Å². The summed E-state index contributed by atoms with van der Waals surface area (Å²) in [4.78, 5) is 31.6. The van der Waals surface area contributed by atoms with Crippen LogP contribution < -0.4 is 4.90 Å². The van der Waals surface area contributed by atoms with Crippen LogP contribution in [0.1, 0.15) is 32.3 Å². The van der Waals surface area contributed by atoms with E-state index in [-0.39, 0.29) is 11.8 Å². The minimum Gasteiger partial charge on any atom is -0.338 e. The fourth-order valence-electron chi connectivity index (χ4n) is 3.73. The lowest BCUT2D eigenvalue weighted by Gasteiger charge is -2.38. The zero-order valence-corrected chi connectivity index (χ0v) is 14.7. The molecule has 1 saturated heterocycles. The maximum Gasteiger partial charge on any atom is 0.245 e. The number of carbonyl (C=O) groups excluding carboxylic acids is 2. The third-order valence-corrected chi connectivity index (χ3v) is 5.23. The molecule has 2 amide bonds. The van der Waals surface area contributed by atoms with Gasteiger partial charge >= 0.3 is 0 Å². The van der Waals surface area contributed by atoms with E-state index < -0.39 is 6.04 Å². The largest absolute Gasteiger partial charge is 0.338 e. The summed E-state index contributed by atoms with van der Waals surface area (Å²) >= 11 is 0. The minimum atomic E-state index is -0.440. The average Bonchev–Trinajstić information content (AvgIpc) is 2.78. The molecule has 1 aromatic carbocycles. The molecule has 2 heterocycles. The van der Waals surface area contributed by atoms with Crippen LogP contribution in [0.15, 0.2) is 24.3 Å². The lowest BCUT2D eigenvalue weighted by atomic mass is 10.1. The molecule has 0 bridgehead atoms. The van der Waals surface area contributed by atoms with E-state index in [0.29, 0.717) is 6.42 Å². The quantitative estimate of drug-likeness (QED) is 0.851. The standard InChI is InChI=1S/C19H27N3O2/c1-3-20-11-13-21(14-12-20)19(24)15(2)22-17-9-5-4-7-16(17)8-6-10-18(22)23/h4-5,7,9,15H,3,6,8,10-14H2,1-2H3/t15-/m0/s1. The Kier molecular flexibility index (Phi) is 5.19. The molecule has 0 radical (unpaired) electrons. The van der Waals surface area contributed by atoms with E-state index >= 15 is 0 Å². The molecule has 0 aliphatic carbocycles. The normalized spacial score (nSPS) is 20.5. The third-order valence-electron chi connectivity index (χ3n) is 5.23. The van der Waals surface area contributed by atoms with E-state index in [1.54, 1.807) is 4.90 Å². The van der Waals surface area contributed by atoms with Crippen molar-refractivity contribution in [2.24, 2.45) is 0 Å². The lowest BCUT2D eigenvalue weighted by molar-refractivity contribution is -0.135. The molecule has 2 aliphatic rings. The first-order chi connectivity index (χ1) is 11.6. The number of aryl methyl sites for hydroxylation is 1. The Labute approximate surface area is 144 Å². The molecule has 5 nitrogen and oxygen atoms in total. The first kappa shape index (κ1) is 17.0. The van der Waals surface area contributed by atoms with Crippen molar-refractivity contribution in [3.63, 3.8) is 0 Å². The van der Waals surface area contributed by atoms with Crippen LogP contribution in [-0.2, 0) is 16.0 Å². The Morgan fingerprint density at radius 1 is 1.12 bits per heavy atom. The molecule has 130 valence electrons. The summed E-state index contributed by atoms with van der Waals surface area (Å²) in [7, 11) is 0. The van der Waals surface area contributed by atoms with Crippen LogP contribution in [0.5, 0.6) is 0 Å². The summed E-state index contributed by atoms with van der Waals surface area (Å²) in [6.07, 6.45) is 2.26. The minimum absolute atomic E-state index is 0.0630. The zero-order chi connectivity index (χ0) is 17.1. The van der Waals surface area contributed by atoms with Crippen LogP contribution in [-0.4, -0.2) is 60.4 Å². The number of likely N-dealkylation sites (N-methyl/N-ethyl adjacent to an activating group) is 1. The number of piperazine rings is 1. The molecule has 0 saturated carbocycles. The number of nitrogens with zero attached hydrogens (tertiary/aromatic N) is 3. The van der Waals surface area contributed by atoms with Crippen molar-refractivity contribution in [2.75, 3.05) is 37.6 Å². The lowest BCUT2D eigenvalue weighted by Crippen LogP contribution is -2.55. The van der Waals surface area contributed by atoms with Gasteiger partial charge in [0.1, 0.15) is 6.04 Å². The highest BCUT2D eigenvalue weighted by Gasteiger charge is 2.33. The maximum absolute atomic E-state index is 13.0. The zero-order valence-electron chi connectivity index (χ0n) is 14.7. The highest BCUT2D eigenvalue weighted by Crippen LogP contribution is 2.29. The van der Waals surface area contributed by atoms with Gasteiger partial charge in [0.2, 0.25) is 11.8 Å². The highest BCUT2D eigenvalue weighted by atomic mass is 16.2. The van der Waals surface area contributed by atoms with E-state index in [1.165, 1.54) is 5.56 Å². The van der Waals surface area contributed by atoms with Crippen LogP contribution in [0.4, 0.5) is 5.69 Å². The Hall–Kier alpha value is -1.88. The predicted octanol–water partition coefficient (Wildman–Crippen LogP) is 1.91. The number of hydrogen-bond donors (Lipinski definition) is 0. The van der Waals surface area contributed by atoms with Gasteiger partial charge in [-0.3, -0.25) is 14.5 Å². The van der Waals surface area contributed by atoms with E-state index in [1.807, 2.05) is 30.0 Å². The molecule has 0 aromatic heterocycles. The maximum atomic E-state index is 13.0. The predicted molar refractivity (Wildman–Crippen MR) is 95.0 cm³/mol. The van der Waals surface area contributed by atoms with E-state index in [2.05, 4.69) is 17.9 Å². The van der Waals surface area contributed by atoms with Gasteiger partial charge in [-0.1, -0.05) is 25.1 Å². The number of hydrogen-bond acceptors (Lipinski definition) is 3. The molecule has 3 rings (SSSR count). The van der Waals surface area contributed by atoms with Crippen LogP contribution in [0, 0.1) is 0 Å². The van der Waals surface area contributed by atoms with Crippen molar-refractivity contribution in [2.45, 2.75) is 39.2 Å². The number of benzene rings is 1. The van der Waals surface area contributed by atoms with Crippen LogP contribution in [0.3, 0.4) is 0 Å². The first-order valence-electron chi connectivity index (χ1n) is 9.03. The van der Waals surface area contributed by atoms with Gasteiger partial charge < -0.3 is 9.80 Å². The van der Waals surface area contributed by atoms with Crippen LogP contribution in [0.2, 0.25) is 0 Å². The Morgan fingerprint density at radius 2 is 1.83 bits per heavy atom. The second kappa shape index (κ2) is 7.34. The number of para-hydroxylation sites is 1. The van der Waals surface area contributed by atoms with Gasteiger partial charge in [-0.05, 0) is 37.9 Å². The Morgan fingerprint density at radius 3 is 2.54 bits per heavy atom. The first-order valence-corrected chi connectivity index (χ1v) is 9.03. The second-order valence-corrected chi connectivity index (χ2v) is 6.68. The number of rotatable bonds is 3. The van der Waals surface area contributed by atoms with Gasteiger partial charge in [0.15, 0.2) is 0 Å². The van der Waals surface area contributed by atoms with Crippen molar-refractivity contribution in [1.82, 2.24) is 9.80 Å². The molecule has 2 aliphatic heterocycles. The number of amides is 2. The highest BCUT2D eigenvalue weighted by molar-refractivity contribution is 6.01. The summed E-state index contributed by atoms with van der Waals surface area (Å²) < 4.78 is 0. The van der Waals surface area contributed by atoms with Crippen molar-refractivity contribution >= 4 is 17.5 Å². The fourth-order valence-corrected chi connectivity index (χ4v) is 3.73. The van der Waals surface area contributed by atoms with Crippen LogP contribution in [0.25, 0.3) is 0 Å². The van der Waals surface area contributed by atoms with E-state index in [4.69, 9.17) is 0 Å². The summed E-state index contributed by atoms with van der Waals surface area (Å²) in [6, 6.07) is 7.55. The second-order valence-electron chi connectivity index (χ2n) is 6.68. The molecule has 0 N–H and O–H groups in total. The molecule has 24 heavy (non-hydrogen) atoms. The number of anilines is 1. The monoisotopic (exact) mass is 329 g/mol. The number of fused-ring (bicyclic) bond motifs is 1. The SMILES string of the molecule is CCN1CCN(C(=O)[C@H](C)N2C(=O)CCCc3ccccc32)CC1. The van der Waals surface area contributed by atoms with Crippen molar-refractivity contribution in [1.29, 1.82) is 0 Å². The molecule has 1 fully saturated rings. The van der Waals surface area contributed by atoms with Gasteiger partial charge in [0.05, 0.1) is 0 Å². The van der Waals surface area contributed by atoms with Gasteiger partial charge in [0, 0.05) is 38.3 Å².